The van der Waals surface area contributed by atoms with Crippen LogP contribution in [-0.4, -0.2) is 28.1 Å². The number of carbonyl (C=O) groups is 2. The standard InChI is InChI=1S/C22H25N3O2/c1-16-11-12-20-19(13-16)15-24-25(20)22(27)10-6-9-21(26)23-14-17(2)18-7-4-3-5-8-18/h3-5,7-8,11-13,15,17H,6,9-10,14H2,1-2H3,(H,23,26). The molecule has 0 saturated carbocycles. The van der Waals surface area contributed by atoms with E-state index in [-0.39, 0.29) is 17.7 Å². The first-order valence-electron chi connectivity index (χ1n) is 9.34. The number of amides is 1. The van der Waals surface area contributed by atoms with Gasteiger partial charge in [-0.15, -0.1) is 0 Å². The van der Waals surface area contributed by atoms with Crippen molar-refractivity contribution in [1.82, 2.24) is 15.1 Å². The van der Waals surface area contributed by atoms with Crippen LogP contribution in [0.1, 0.15) is 48.0 Å². The van der Waals surface area contributed by atoms with E-state index in [2.05, 4.69) is 29.5 Å². The first kappa shape index (κ1) is 18.8. The minimum absolute atomic E-state index is 0.0217. The number of nitrogens with one attached hydrogen (secondary N) is 1. The van der Waals surface area contributed by atoms with Crippen molar-refractivity contribution in [3.63, 3.8) is 0 Å². The molecular formula is C22H25N3O2. The average molecular weight is 363 g/mol. The Morgan fingerprint density at radius 1 is 1.11 bits per heavy atom. The predicted octanol–water partition coefficient (Wildman–Crippen LogP) is 4.08. The molecule has 0 spiro atoms. The number of carbonyl (C=O) groups excluding carboxylic acids is 2. The number of hydrogen-bond acceptors (Lipinski definition) is 3. The number of hydrogen-bond donors (Lipinski definition) is 1. The molecule has 0 saturated heterocycles. The summed E-state index contributed by atoms with van der Waals surface area (Å²) in [4.78, 5) is 24.5. The predicted molar refractivity (Wildman–Crippen MR) is 107 cm³/mol. The summed E-state index contributed by atoms with van der Waals surface area (Å²) in [5.74, 6) is 0.154. The van der Waals surface area contributed by atoms with Crippen molar-refractivity contribution in [2.45, 2.75) is 39.0 Å². The van der Waals surface area contributed by atoms with Gasteiger partial charge in [-0.1, -0.05) is 48.9 Å². The zero-order valence-electron chi connectivity index (χ0n) is 15.8. The Kier molecular flexibility index (Phi) is 6.01. The van der Waals surface area contributed by atoms with Crippen molar-refractivity contribution >= 4 is 22.7 Å². The summed E-state index contributed by atoms with van der Waals surface area (Å²) in [5, 5.41) is 8.10. The van der Waals surface area contributed by atoms with Crippen LogP contribution in [0.3, 0.4) is 0 Å². The molecule has 2 aromatic carbocycles. The maximum atomic E-state index is 12.4. The van der Waals surface area contributed by atoms with Crippen LogP contribution in [0.25, 0.3) is 10.9 Å². The Labute approximate surface area is 159 Å². The maximum absolute atomic E-state index is 12.4. The van der Waals surface area contributed by atoms with Gasteiger partial charge in [0.05, 0.1) is 11.7 Å². The van der Waals surface area contributed by atoms with E-state index in [1.54, 1.807) is 6.20 Å². The van der Waals surface area contributed by atoms with Crippen LogP contribution in [0.5, 0.6) is 0 Å². The Morgan fingerprint density at radius 3 is 2.67 bits per heavy atom. The number of rotatable bonds is 7. The average Bonchev–Trinajstić information content (AvgIpc) is 3.09. The second-order valence-electron chi connectivity index (χ2n) is 6.98. The number of nitrogens with zero attached hydrogens (tertiary/aromatic N) is 2. The van der Waals surface area contributed by atoms with Crippen LogP contribution in [0.4, 0.5) is 0 Å². The number of aryl methyl sites for hydroxylation is 1. The quantitative estimate of drug-likeness (QED) is 0.688. The third kappa shape index (κ3) is 4.82. The smallest absolute Gasteiger partial charge is 0.247 e. The minimum Gasteiger partial charge on any atom is -0.356 e. The Hall–Kier alpha value is -2.95. The topological polar surface area (TPSA) is 64.0 Å². The van der Waals surface area contributed by atoms with E-state index in [0.29, 0.717) is 25.8 Å². The van der Waals surface area contributed by atoms with Crippen molar-refractivity contribution in [1.29, 1.82) is 0 Å². The summed E-state index contributed by atoms with van der Waals surface area (Å²) in [6, 6.07) is 16.0. The number of aromatic nitrogens is 2. The van der Waals surface area contributed by atoms with Gasteiger partial charge < -0.3 is 5.32 Å². The van der Waals surface area contributed by atoms with Crippen molar-refractivity contribution in [2.24, 2.45) is 0 Å². The van der Waals surface area contributed by atoms with E-state index in [1.165, 1.54) is 10.2 Å². The normalized spacial score (nSPS) is 12.1. The van der Waals surface area contributed by atoms with Crippen molar-refractivity contribution in [3.8, 4) is 0 Å². The highest BCUT2D eigenvalue weighted by atomic mass is 16.2. The third-order valence-electron chi connectivity index (χ3n) is 4.73. The van der Waals surface area contributed by atoms with Gasteiger partial charge in [0, 0.05) is 24.8 Å². The monoisotopic (exact) mass is 363 g/mol. The van der Waals surface area contributed by atoms with Crippen LogP contribution in [0, 0.1) is 6.92 Å². The molecule has 0 bridgehead atoms. The summed E-state index contributed by atoms with van der Waals surface area (Å²) in [6.07, 6.45) is 2.85. The largest absolute Gasteiger partial charge is 0.356 e. The highest BCUT2D eigenvalue weighted by Gasteiger charge is 2.12. The molecule has 1 heterocycles. The van der Waals surface area contributed by atoms with E-state index in [0.717, 1.165) is 16.5 Å². The van der Waals surface area contributed by atoms with E-state index in [9.17, 15) is 9.59 Å². The molecule has 0 aliphatic carbocycles. The highest BCUT2D eigenvalue weighted by Crippen LogP contribution is 2.16. The molecule has 140 valence electrons. The van der Waals surface area contributed by atoms with Crippen LogP contribution in [-0.2, 0) is 4.79 Å². The van der Waals surface area contributed by atoms with Gasteiger partial charge in [0.2, 0.25) is 11.8 Å². The fourth-order valence-corrected chi connectivity index (χ4v) is 3.11. The molecule has 1 aromatic heterocycles. The molecule has 27 heavy (non-hydrogen) atoms. The van der Waals surface area contributed by atoms with Gasteiger partial charge in [0.1, 0.15) is 0 Å². The Morgan fingerprint density at radius 2 is 1.89 bits per heavy atom. The van der Waals surface area contributed by atoms with E-state index in [4.69, 9.17) is 0 Å². The number of fused-ring (bicyclic) bond motifs is 1. The van der Waals surface area contributed by atoms with Crippen LogP contribution < -0.4 is 5.32 Å². The zero-order valence-corrected chi connectivity index (χ0v) is 15.8. The number of benzene rings is 2. The SMILES string of the molecule is Cc1ccc2c(cnn2C(=O)CCCC(=O)NCC(C)c2ccccc2)c1. The zero-order chi connectivity index (χ0) is 19.2. The summed E-state index contributed by atoms with van der Waals surface area (Å²) in [7, 11) is 0. The molecule has 1 atom stereocenters. The van der Waals surface area contributed by atoms with Gasteiger partial charge in [-0.3, -0.25) is 9.59 Å². The van der Waals surface area contributed by atoms with E-state index >= 15 is 0 Å². The van der Waals surface area contributed by atoms with Gasteiger partial charge in [0.15, 0.2) is 0 Å². The van der Waals surface area contributed by atoms with E-state index < -0.39 is 0 Å². The summed E-state index contributed by atoms with van der Waals surface area (Å²) in [5.41, 5.74) is 3.15. The van der Waals surface area contributed by atoms with Gasteiger partial charge in [0.25, 0.3) is 0 Å². The molecule has 0 radical (unpaired) electrons. The van der Waals surface area contributed by atoms with Crippen molar-refractivity contribution < 1.29 is 9.59 Å². The lowest BCUT2D eigenvalue weighted by Crippen LogP contribution is -2.27. The van der Waals surface area contributed by atoms with Gasteiger partial charge in [-0.2, -0.15) is 5.10 Å². The fraction of sp³-hybridized carbons (Fsp3) is 0.318. The van der Waals surface area contributed by atoms with Crippen molar-refractivity contribution in [3.05, 3.63) is 65.9 Å². The molecule has 5 heteroatoms. The highest BCUT2D eigenvalue weighted by molar-refractivity contribution is 5.91. The second-order valence-corrected chi connectivity index (χ2v) is 6.98. The molecule has 0 aliphatic rings. The molecule has 1 unspecified atom stereocenters. The molecule has 3 rings (SSSR count). The molecule has 5 nitrogen and oxygen atoms in total. The lowest BCUT2D eigenvalue weighted by Gasteiger charge is -2.13. The minimum atomic E-state index is -0.0840. The maximum Gasteiger partial charge on any atom is 0.247 e. The summed E-state index contributed by atoms with van der Waals surface area (Å²) in [6.45, 7) is 4.69. The summed E-state index contributed by atoms with van der Waals surface area (Å²) < 4.78 is 1.43. The first-order valence-corrected chi connectivity index (χ1v) is 9.34. The van der Waals surface area contributed by atoms with Crippen LogP contribution in [0.2, 0.25) is 0 Å². The lowest BCUT2D eigenvalue weighted by molar-refractivity contribution is -0.121. The van der Waals surface area contributed by atoms with Gasteiger partial charge >= 0.3 is 0 Å². The molecule has 3 aromatic rings. The Bertz CT molecular complexity index is 931. The van der Waals surface area contributed by atoms with Gasteiger partial charge in [-0.25, -0.2) is 4.68 Å². The summed E-state index contributed by atoms with van der Waals surface area (Å²) >= 11 is 0. The van der Waals surface area contributed by atoms with Gasteiger partial charge in [-0.05, 0) is 37.0 Å². The van der Waals surface area contributed by atoms with Crippen LogP contribution in [0.15, 0.2) is 54.7 Å². The van der Waals surface area contributed by atoms with Crippen LogP contribution >= 0.6 is 0 Å². The molecule has 0 fully saturated rings. The molecule has 0 aliphatic heterocycles. The second kappa shape index (κ2) is 8.62. The Balaban J connectivity index is 1.44. The lowest BCUT2D eigenvalue weighted by atomic mass is 10.0. The third-order valence-corrected chi connectivity index (χ3v) is 4.73. The first-order chi connectivity index (χ1) is 13.0. The molecule has 1 N–H and O–H groups in total. The van der Waals surface area contributed by atoms with Crippen molar-refractivity contribution in [2.75, 3.05) is 6.54 Å². The van der Waals surface area contributed by atoms with E-state index in [1.807, 2.05) is 43.3 Å². The fourth-order valence-electron chi connectivity index (χ4n) is 3.11. The molecule has 1 amide bonds. The molecular weight excluding hydrogens is 338 g/mol.